The first-order valence-electron chi connectivity index (χ1n) is 17.0. The van der Waals surface area contributed by atoms with Crippen molar-refractivity contribution in [2.45, 2.75) is 65.0 Å². The van der Waals surface area contributed by atoms with Crippen molar-refractivity contribution in [2.24, 2.45) is 23.5 Å². The average Bonchev–Trinajstić information content (AvgIpc) is 2.80. The summed E-state index contributed by atoms with van der Waals surface area (Å²) in [5.41, 5.74) is 6.97. The molecule has 2 N–H and O–H groups in total. The minimum absolute atomic E-state index is 0.0609. The molecule has 0 amide bonds. The van der Waals surface area contributed by atoms with Crippen molar-refractivity contribution < 1.29 is 38.2 Å². The van der Waals surface area contributed by atoms with E-state index < -0.39 is 57.8 Å². The van der Waals surface area contributed by atoms with Gasteiger partial charge in [0.15, 0.2) is 11.5 Å². The van der Waals surface area contributed by atoms with Gasteiger partial charge in [0, 0.05) is 41.1 Å². The number of fused-ring (bicyclic) bond motifs is 3. The van der Waals surface area contributed by atoms with Gasteiger partial charge < -0.3 is 19.9 Å². The number of hydrogen-bond donors (Lipinski definition) is 1. The average molecular weight is 433 g/mol. The van der Waals surface area contributed by atoms with Crippen LogP contribution < -0.4 is 15.2 Å². The lowest BCUT2D eigenvalue weighted by molar-refractivity contribution is -0.160. The Bertz CT molecular complexity index is 1200. The second-order valence-electron chi connectivity index (χ2n) is 8.32. The third-order valence-corrected chi connectivity index (χ3v) is 5.87. The highest BCUT2D eigenvalue weighted by Gasteiger charge is 2.41. The van der Waals surface area contributed by atoms with Gasteiger partial charge in [-0.3, -0.25) is 9.69 Å². The fourth-order valence-electron chi connectivity index (χ4n) is 4.53. The monoisotopic (exact) mass is 432 g/mol. The Balaban J connectivity index is 2.04. The minimum atomic E-state index is -3.71. The molecule has 4 atom stereocenters. The molecule has 1 fully saturated rings. The molecule has 2 heterocycles. The van der Waals surface area contributed by atoms with Crippen molar-refractivity contribution in [2.75, 3.05) is 27.2 Å². The number of hydrogen-bond acceptors (Lipinski definition) is 6. The fourth-order valence-corrected chi connectivity index (χ4v) is 4.53. The lowest BCUT2D eigenvalue weighted by Crippen LogP contribution is -2.51. The topological polar surface area (TPSA) is 74.0 Å². The summed E-state index contributed by atoms with van der Waals surface area (Å²) in [6.07, 6.45) is 0.0547. The second-order valence-corrected chi connectivity index (χ2v) is 8.32. The lowest BCUT2D eigenvalue weighted by Gasteiger charge is -2.47. The van der Waals surface area contributed by atoms with Crippen LogP contribution in [0.2, 0.25) is 0 Å². The van der Waals surface area contributed by atoms with E-state index in [0.717, 1.165) is 0 Å². The molecule has 1 aromatic rings. The summed E-state index contributed by atoms with van der Waals surface area (Å²) in [6.45, 7) is -2.54. The number of nitrogens with zero attached hydrogens (tertiary/aromatic N) is 1. The Hall–Kier alpha value is -1.79. The van der Waals surface area contributed by atoms with Gasteiger partial charge in [-0.15, -0.1) is 0 Å². The first kappa shape index (κ1) is 10.7. The third-order valence-electron chi connectivity index (χ3n) is 5.87. The maximum Gasteiger partial charge on any atom is 0.323 e. The molecule has 2 aliphatic heterocycles. The fraction of sp³-hybridized carbons (Fsp3) is 0.708. The number of carbonyl (C=O) groups is 1. The number of carbonyl (C=O) groups excluding carboxylic acids is 1. The molecule has 0 spiro atoms. The Morgan fingerprint density at radius 3 is 2.70 bits per heavy atom. The van der Waals surface area contributed by atoms with Crippen LogP contribution in [0.4, 0.5) is 0 Å². The normalized spacial score (nSPS) is 34.9. The Morgan fingerprint density at radius 2 is 2.03 bits per heavy atom. The van der Waals surface area contributed by atoms with Crippen LogP contribution >= 0.6 is 0 Å². The van der Waals surface area contributed by atoms with Crippen molar-refractivity contribution in [1.82, 2.24) is 4.90 Å². The molecule has 2 aliphatic rings. The van der Waals surface area contributed by atoms with Gasteiger partial charge >= 0.3 is 5.97 Å². The van der Waals surface area contributed by atoms with Gasteiger partial charge in [-0.05, 0) is 47.9 Å². The zero-order valence-corrected chi connectivity index (χ0v) is 17.2. The first-order valence-corrected chi connectivity index (χ1v) is 9.97. The molecule has 30 heavy (non-hydrogen) atoms. The molecule has 0 radical (unpaired) electrons. The van der Waals surface area contributed by atoms with Crippen LogP contribution in [0, 0.1) is 17.7 Å². The largest absolute Gasteiger partial charge is 0.493 e. The van der Waals surface area contributed by atoms with Gasteiger partial charge in [-0.1, -0.05) is 27.6 Å². The summed E-state index contributed by atoms with van der Waals surface area (Å²) in [4.78, 5) is 15.5. The molecule has 6 nitrogen and oxygen atoms in total. The van der Waals surface area contributed by atoms with E-state index >= 15 is 0 Å². The minimum Gasteiger partial charge on any atom is -0.493 e. The smallest absolute Gasteiger partial charge is 0.323 e. The second kappa shape index (κ2) is 9.56. The molecule has 0 aliphatic carbocycles. The van der Waals surface area contributed by atoms with E-state index in [9.17, 15) is 4.79 Å². The number of nitrogens with two attached hydrogens (primary N) is 1. The molecular weight excluding hydrogens is 380 g/mol. The van der Waals surface area contributed by atoms with Crippen molar-refractivity contribution in [3.63, 3.8) is 0 Å². The molecule has 6 heteroatoms. The zero-order valence-electron chi connectivity index (χ0n) is 31.2. The van der Waals surface area contributed by atoms with Gasteiger partial charge in [0.1, 0.15) is 12.1 Å². The maximum absolute atomic E-state index is 13.4. The molecule has 0 aromatic heterocycles. The Labute approximate surface area is 200 Å². The van der Waals surface area contributed by atoms with Crippen molar-refractivity contribution in [3.05, 3.63) is 23.3 Å². The maximum atomic E-state index is 13.4. The molecule has 3 unspecified atom stereocenters. The number of ether oxygens (including phenoxy) is 3. The highest BCUT2D eigenvalue weighted by atomic mass is 16.5. The molecule has 168 valence electrons. The molecular formula is C24H38N2O4. The number of benzene rings is 1. The van der Waals surface area contributed by atoms with Crippen LogP contribution in [0.15, 0.2) is 12.1 Å². The quantitative estimate of drug-likeness (QED) is 0.664. The highest BCUT2D eigenvalue weighted by Crippen LogP contribution is 2.44. The van der Waals surface area contributed by atoms with Gasteiger partial charge in [0.2, 0.25) is 0 Å². The van der Waals surface area contributed by atoms with Crippen LogP contribution in [0.5, 0.6) is 11.5 Å². The van der Waals surface area contributed by atoms with Crippen LogP contribution in [0.3, 0.4) is 0 Å². The number of piperidine rings is 1. The third kappa shape index (κ3) is 4.75. The molecule has 1 saturated heterocycles. The number of rotatable bonds is 7. The summed E-state index contributed by atoms with van der Waals surface area (Å²) >= 11 is 0. The van der Waals surface area contributed by atoms with Gasteiger partial charge in [-0.25, -0.2) is 0 Å². The van der Waals surface area contributed by atoms with Crippen LogP contribution in [-0.4, -0.2) is 50.2 Å². The SMILES string of the molecule is [2H]C([2H])([2H])Oc1cc2c(cc1OC([2H])([2H])[2H])C1CC(OC(=O)[C@@]([2H])(N)C([2H])(C([2H])([2H])[2H])C([2H])([2H])[2H])C(CC(C)C)CN1CC2. The summed E-state index contributed by atoms with van der Waals surface area (Å²) in [5, 5.41) is 0. The van der Waals surface area contributed by atoms with E-state index in [-0.39, 0.29) is 29.8 Å². The van der Waals surface area contributed by atoms with E-state index in [1.165, 1.54) is 12.1 Å². The van der Waals surface area contributed by atoms with Crippen molar-refractivity contribution in [3.8, 4) is 11.5 Å². The summed E-state index contributed by atoms with van der Waals surface area (Å²) in [5.74, 6) is -6.22. The van der Waals surface area contributed by atoms with E-state index in [1.54, 1.807) is 0 Å². The van der Waals surface area contributed by atoms with Crippen LogP contribution in [0.1, 0.15) is 76.8 Å². The van der Waals surface area contributed by atoms with Gasteiger partial charge in [0.05, 0.1) is 23.7 Å². The molecule has 0 bridgehead atoms. The van der Waals surface area contributed by atoms with Crippen LogP contribution in [-0.2, 0) is 16.0 Å². The molecule has 3 rings (SSSR count). The Morgan fingerprint density at radius 1 is 1.30 bits per heavy atom. The predicted octanol–water partition coefficient (Wildman–Crippen LogP) is 3.56. The van der Waals surface area contributed by atoms with Gasteiger partial charge in [-0.2, -0.15) is 0 Å². The van der Waals surface area contributed by atoms with E-state index in [1.807, 2.05) is 13.8 Å². The predicted molar refractivity (Wildman–Crippen MR) is 118 cm³/mol. The number of methoxy groups -OCH3 is 2. The Kier molecular flexibility index (Phi) is 3.41. The van der Waals surface area contributed by atoms with E-state index in [2.05, 4.69) is 4.90 Å². The zero-order chi connectivity index (χ0) is 33.8. The molecule has 1 aromatic carbocycles. The van der Waals surface area contributed by atoms with Crippen molar-refractivity contribution >= 4 is 5.97 Å². The summed E-state index contributed by atoms with van der Waals surface area (Å²) in [6, 6.07) is -1.26. The van der Waals surface area contributed by atoms with Crippen molar-refractivity contribution in [1.29, 1.82) is 0 Å². The lowest BCUT2D eigenvalue weighted by atomic mass is 9.79. The number of esters is 1. The molecule has 0 saturated carbocycles. The van der Waals surface area contributed by atoms with Crippen LogP contribution in [0.25, 0.3) is 0 Å². The van der Waals surface area contributed by atoms with Gasteiger partial charge in [0.25, 0.3) is 0 Å². The van der Waals surface area contributed by atoms with E-state index in [4.69, 9.17) is 39.1 Å². The summed E-state index contributed by atoms with van der Waals surface area (Å²) in [7, 11) is -5.83. The standard InChI is InChI=1S/C24H38N2O4/c1-14(2)9-17-13-26-8-7-16-10-21(28-5)22(29-6)11-18(16)19(26)12-20(17)30-24(27)23(25)15(3)4/h10-11,14-15,17,19-20,23H,7-9,12-13,25H2,1-6H3/t17?,19?,20?,23-/m0/s1/i3D3,4D3,5D3,6D3,15D,23D. The highest BCUT2D eigenvalue weighted by molar-refractivity contribution is 5.76. The summed E-state index contributed by atoms with van der Waals surface area (Å²) < 4.78 is 124. The first-order chi connectivity index (χ1) is 19.7. The van der Waals surface area contributed by atoms with E-state index in [0.29, 0.717) is 37.1 Å².